The lowest BCUT2D eigenvalue weighted by atomic mass is 9.87. The highest BCUT2D eigenvalue weighted by Crippen LogP contribution is 2.35. The molecule has 0 heterocycles. The van der Waals surface area contributed by atoms with E-state index in [0.717, 1.165) is 22.3 Å². The molecule has 0 spiro atoms. The van der Waals surface area contributed by atoms with Crippen molar-refractivity contribution in [1.82, 2.24) is 0 Å². The van der Waals surface area contributed by atoms with Gasteiger partial charge in [-0.05, 0) is 137 Å². The zero-order valence-corrected chi connectivity index (χ0v) is 43.9. The van der Waals surface area contributed by atoms with Gasteiger partial charge in [0.25, 0.3) is 0 Å². The molecule has 0 bridgehead atoms. The van der Waals surface area contributed by atoms with Gasteiger partial charge in [0.1, 0.15) is 11.5 Å². The van der Waals surface area contributed by atoms with Gasteiger partial charge in [-0.2, -0.15) is 0 Å². The number of rotatable bonds is 39. The summed E-state index contributed by atoms with van der Waals surface area (Å²) in [5, 5.41) is 22.4. The minimum atomic E-state index is 0.326. The molecule has 6 nitrogen and oxygen atoms in total. The Hall–Kier alpha value is -2.70. The number of aromatic hydroxyl groups is 2. The van der Waals surface area contributed by atoms with Gasteiger partial charge in [-0.25, -0.2) is 0 Å². The maximum atomic E-state index is 11.4. The van der Waals surface area contributed by atoms with Crippen LogP contribution >= 0.6 is 0 Å². The zero-order chi connectivity index (χ0) is 47.1. The van der Waals surface area contributed by atoms with Gasteiger partial charge >= 0.3 is 0 Å². The summed E-state index contributed by atoms with van der Waals surface area (Å²) in [7, 11) is 0. The van der Waals surface area contributed by atoms with Crippen molar-refractivity contribution >= 4 is 12.4 Å². The lowest BCUT2D eigenvalue weighted by Gasteiger charge is -2.40. The maximum absolute atomic E-state index is 11.4. The Morgan fingerprint density at radius 1 is 0.406 bits per heavy atom. The Morgan fingerprint density at radius 3 is 0.953 bits per heavy atom. The first-order valence-corrected chi connectivity index (χ1v) is 27.4. The van der Waals surface area contributed by atoms with E-state index in [1.807, 2.05) is 19.4 Å². The van der Waals surface area contributed by atoms with Gasteiger partial charge in [0.2, 0.25) is 0 Å². The number of quaternary nitrogens is 2. The fourth-order valence-electron chi connectivity index (χ4n) is 10.3. The molecule has 2 rings (SSSR count). The molecule has 0 unspecified atom stereocenters. The van der Waals surface area contributed by atoms with E-state index in [-0.39, 0.29) is 0 Å². The molecule has 2 aromatic rings. The average molecular weight is 889 g/mol. The molecule has 64 heavy (non-hydrogen) atoms. The van der Waals surface area contributed by atoms with Crippen LogP contribution in [0.25, 0.3) is 0 Å². The van der Waals surface area contributed by atoms with Crippen LogP contribution in [-0.2, 0) is 0 Å². The van der Waals surface area contributed by atoms with Crippen molar-refractivity contribution in [2.45, 2.75) is 222 Å². The van der Waals surface area contributed by atoms with E-state index in [0.29, 0.717) is 36.4 Å². The minimum absolute atomic E-state index is 0.326. The van der Waals surface area contributed by atoms with Crippen LogP contribution in [0.1, 0.15) is 242 Å². The summed E-state index contributed by atoms with van der Waals surface area (Å²) < 4.78 is 2.59. The summed E-state index contributed by atoms with van der Waals surface area (Å²) in [6.45, 7) is 34.3. The number of aryl methyl sites for hydroxylation is 2. The first-order valence-electron chi connectivity index (χ1n) is 27.4. The number of aliphatic imine (C=N–C) groups is 2. The molecule has 0 radical (unpaired) electrons. The fraction of sp³-hybridized carbons (Fsp3) is 0.759. The second kappa shape index (κ2) is 33.7. The SMILES string of the molecule is CCCCC(CCCC)c1cc(C)c(O)c(C=NCCN=Cc2cc(C(CCC[N+](CCCC)(CCCC)CCCC)CCC[N+](CCCC)(CCCC)CCCC)cc(C)c2O)c1. The van der Waals surface area contributed by atoms with Crippen molar-refractivity contribution in [2.24, 2.45) is 9.98 Å². The molecule has 0 aromatic heterocycles. The molecule has 0 atom stereocenters. The highest BCUT2D eigenvalue weighted by atomic mass is 16.3. The molecule has 0 aliphatic carbocycles. The van der Waals surface area contributed by atoms with Crippen LogP contribution < -0.4 is 0 Å². The second-order valence-corrected chi connectivity index (χ2v) is 20.2. The average Bonchev–Trinajstić information content (AvgIpc) is 3.30. The number of nitrogens with zero attached hydrogens (tertiary/aromatic N) is 4. The van der Waals surface area contributed by atoms with Crippen LogP contribution in [0.4, 0.5) is 0 Å². The van der Waals surface area contributed by atoms with Gasteiger partial charge in [0.15, 0.2) is 0 Å². The standard InChI is InChI=1S/C58H102N4O2/c1-11-19-29-51(30-20-12-2)53-43-49(9)57(63)55(45-53)47-59-33-34-60-48-56-46-54(44-50(10)58(56)64)52(31-27-41-61(35-21-13-3,36-22-14-4)37-23-15-5)32-28-42-62(38-24-16-6,39-25-17-7)40-26-18-8/h43-48,51-52H,11-42H2,1-10H3/p+2. The largest absolute Gasteiger partial charge is 0.507 e. The molecule has 0 fully saturated rings. The molecule has 0 aliphatic rings. The predicted octanol–water partition coefficient (Wildman–Crippen LogP) is 15.8. The lowest BCUT2D eigenvalue weighted by Crippen LogP contribution is -2.51. The number of benzene rings is 2. The zero-order valence-electron chi connectivity index (χ0n) is 43.9. The molecular formula is C58H104N4O2+2. The summed E-state index contributed by atoms with van der Waals surface area (Å²) in [6, 6.07) is 8.90. The van der Waals surface area contributed by atoms with Crippen molar-refractivity contribution in [1.29, 1.82) is 0 Å². The number of hydrogen-bond donors (Lipinski definition) is 2. The predicted molar refractivity (Wildman–Crippen MR) is 283 cm³/mol. The summed E-state index contributed by atoms with van der Waals surface area (Å²) in [5.41, 5.74) is 6.20. The number of phenolic OH excluding ortho intramolecular Hbond substituents is 2. The van der Waals surface area contributed by atoms with Crippen molar-refractivity contribution in [3.63, 3.8) is 0 Å². The van der Waals surface area contributed by atoms with Gasteiger partial charge < -0.3 is 19.2 Å². The van der Waals surface area contributed by atoms with E-state index in [1.54, 1.807) is 0 Å². The van der Waals surface area contributed by atoms with E-state index in [2.05, 4.69) is 86.6 Å². The summed E-state index contributed by atoms with van der Waals surface area (Å²) in [6.07, 6.45) is 31.4. The van der Waals surface area contributed by atoms with Crippen LogP contribution in [0, 0.1) is 13.8 Å². The van der Waals surface area contributed by atoms with Crippen LogP contribution in [-0.4, -0.2) is 97.1 Å². The molecule has 0 saturated heterocycles. The summed E-state index contributed by atoms with van der Waals surface area (Å²) in [5.74, 6) is 1.65. The Labute approximate surface area is 397 Å². The molecule has 0 amide bonds. The Morgan fingerprint density at radius 2 is 0.672 bits per heavy atom. The minimum Gasteiger partial charge on any atom is -0.507 e. The Balaban J connectivity index is 2.40. The highest BCUT2D eigenvalue weighted by Gasteiger charge is 2.29. The smallest absolute Gasteiger partial charge is 0.127 e. The van der Waals surface area contributed by atoms with Crippen molar-refractivity contribution < 1.29 is 19.2 Å². The van der Waals surface area contributed by atoms with Gasteiger partial charge in [0.05, 0.1) is 65.4 Å². The van der Waals surface area contributed by atoms with E-state index in [1.165, 1.54) is 214 Å². The number of hydrogen-bond acceptors (Lipinski definition) is 4. The topological polar surface area (TPSA) is 65.2 Å². The highest BCUT2D eigenvalue weighted by molar-refractivity contribution is 5.85. The van der Waals surface area contributed by atoms with Crippen molar-refractivity contribution in [2.75, 3.05) is 65.4 Å². The van der Waals surface area contributed by atoms with E-state index < -0.39 is 0 Å². The molecule has 2 N–H and O–H groups in total. The van der Waals surface area contributed by atoms with Crippen molar-refractivity contribution in [3.05, 3.63) is 57.6 Å². The molecule has 366 valence electrons. The monoisotopic (exact) mass is 889 g/mol. The van der Waals surface area contributed by atoms with Crippen molar-refractivity contribution in [3.8, 4) is 11.5 Å². The summed E-state index contributed by atoms with van der Waals surface area (Å²) >= 11 is 0. The number of unbranched alkanes of at least 4 members (excludes halogenated alkanes) is 8. The van der Waals surface area contributed by atoms with Gasteiger partial charge in [-0.1, -0.05) is 132 Å². The van der Waals surface area contributed by atoms with Crippen LogP contribution in [0.15, 0.2) is 34.3 Å². The maximum Gasteiger partial charge on any atom is 0.127 e. The van der Waals surface area contributed by atoms with Gasteiger partial charge in [0, 0.05) is 23.6 Å². The third-order valence-corrected chi connectivity index (χ3v) is 14.6. The third-order valence-electron chi connectivity index (χ3n) is 14.6. The first-order chi connectivity index (χ1) is 31.0. The Kier molecular flexibility index (Phi) is 30.3. The van der Waals surface area contributed by atoms with E-state index in [9.17, 15) is 10.2 Å². The fourth-order valence-corrected chi connectivity index (χ4v) is 10.3. The first kappa shape index (κ1) is 57.4. The molecule has 0 saturated carbocycles. The van der Waals surface area contributed by atoms with Gasteiger partial charge in [-0.15, -0.1) is 0 Å². The molecule has 0 aliphatic heterocycles. The quantitative estimate of drug-likeness (QED) is 0.0399. The van der Waals surface area contributed by atoms with Crippen LogP contribution in [0.3, 0.4) is 0 Å². The number of phenols is 2. The Bertz CT molecular complexity index is 1480. The van der Waals surface area contributed by atoms with E-state index in [4.69, 9.17) is 9.98 Å². The normalized spacial score (nSPS) is 12.6. The molecular weight excluding hydrogens is 785 g/mol. The second-order valence-electron chi connectivity index (χ2n) is 20.2. The summed E-state index contributed by atoms with van der Waals surface area (Å²) in [4.78, 5) is 9.56. The third kappa shape index (κ3) is 20.9. The van der Waals surface area contributed by atoms with Crippen LogP contribution in [0.2, 0.25) is 0 Å². The van der Waals surface area contributed by atoms with Crippen LogP contribution in [0.5, 0.6) is 11.5 Å². The molecule has 6 heteroatoms. The lowest BCUT2D eigenvalue weighted by molar-refractivity contribution is -0.929. The molecule has 2 aromatic carbocycles. The van der Waals surface area contributed by atoms with E-state index >= 15 is 0 Å². The van der Waals surface area contributed by atoms with Gasteiger partial charge in [-0.3, -0.25) is 9.98 Å².